The van der Waals surface area contributed by atoms with Crippen LogP contribution in [0.2, 0.25) is 19.1 Å². The number of ether oxygens (including phenoxy) is 1. The molecule has 0 saturated heterocycles. The molecule has 0 rings (SSSR count). The topological polar surface area (TPSA) is 35.5 Å². The Kier molecular flexibility index (Phi) is 17.1. The first-order valence-corrected chi connectivity index (χ1v) is 14.5. The predicted octanol–water partition coefficient (Wildman–Crippen LogP) is 7.42. The Morgan fingerprint density at radius 2 is 1.48 bits per heavy atom. The van der Waals surface area contributed by atoms with Crippen molar-refractivity contribution in [1.29, 1.82) is 0 Å². The van der Waals surface area contributed by atoms with Crippen molar-refractivity contribution in [3.05, 3.63) is 12.7 Å². The van der Waals surface area contributed by atoms with Crippen molar-refractivity contribution in [2.24, 2.45) is 0 Å². The fraction of sp³-hybridized carbons (Fsp3) is 0.870. The highest BCUT2D eigenvalue weighted by Gasteiger charge is 2.21. The summed E-state index contributed by atoms with van der Waals surface area (Å²) >= 11 is 0. The third-order valence-electron chi connectivity index (χ3n) is 5.11. The van der Waals surface area contributed by atoms with Crippen LogP contribution in [0.5, 0.6) is 0 Å². The normalized spacial score (nSPS) is 12.7. The van der Waals surface area contributed by atoms with Crippen LogP contribution in [-0.4, -0.2) is 27.0 Å². The maximum Gasteiger partial charge on any atom is 0.330 e. The van der Waals surface area contributed by atoms with Crippen molar-refractivity contribution in [3.8, 4) is 0 Å². The number of carbonyl (C=O) groups is 1. The van der Waals surface area contributed by atoms with E-state index in [0.29, 0.717) is 0 Å². The molecule has 160 valence electrons. The SMILES string of the molecule is C=CC(=O)OC(C)CCCCCCCCCC[Si](C)(C)OCCCCCC. The molecule has 0 saturated carbocycles. The van der Waals surface area contributed by atoms with Gasteiger partial charge in [0.1, 0.15) is 0 Å². The van der Waals surface area contributed by atoms with E-state index < -0.39 is 8.32 Å². The van der Waals surface area contributed by atoms with Crippen LogP contribution < -0.4 is 0 Å². The van der Waals surface area contributed by atoms with E-state index in [-0.39, 0.29) is 12.1 Å². The van der Waals surface area contributed by atoms with E-state index in [0.717, 1.165) is 19.4 Å². The van der Waals surface area contributed by atoms with Crippen LogP contribution in [0.3, 0.4) is 0 Å². The van der Waals surface area contributed by atoms with E-state index in [4.69, 9.17) is 9.16 Å². The zero-order chi connectivity index (χ0) is 20.4. The van der Waals surface area contributed by atoms with Crippen molar-refractivity contribution >= 4 is 14.3 Å². The molecule has 27 heavy (non-hydrogen) atoms. The van der Waals surface area contributed by atoms with Gasteiger partial charge < -0.3 is 9.16 Å². The summed E-state index contributed by atoms with van der Waals surface area (Å²) in [6.07, 6.45) is 17.8. The van der Waals surface area contributed by atoms with Gasteiger partial charge in [0, 0.05) is 12.7 Å². The second-order valence-corrected chi connectivity index (χ2v) is 12.8. The van der Waals surface area contributed by atoms with E-state index in [1.54, 1.807) is 0 Å². The zero-order valence-corrected chi connectivity index (χ0v) is 19.7. The number of hydrogen-bond donors (Lipinski definition) is 0. The molecule has 0 aromatic rings. The lowest BCUT2D eigenvalue weighted by Gasteiger charge is -2.22. The van der Waals surface area contributed by atoms with Crippen LogP contribution in [0.15, 0.2) is 12.7 Å². The lowest BCUT2D eigenvalue weighted by molar-refractivity contribution is -0.142. The summed E-state index contributed by atoms with van der Waals surface area (Å²) in [5.41, 5.74) is 0. The summed E-state index contributed by atoms with van der Waals surface area (Å²) in [5, 5.41) is 0. The minimum atomic E-state index is -1.42. The Bertz CT molecular complexity index is 369. The molecule has 0 aromatic carbocycles. The Morgan fingerprint density at radius 3 is 2.07 bits per heavy atom. The Labute approximate surface area is 170 Å². The maximum absolute atomic E-state index is 11.1. The summed E-state index contributed by atoms with van der Waals surface area (Å²) < 4.78 is 11.4. The molecule has 0 aliphatic carbocycles. The molecule has 1 unspecified atom stereocenters. The highest BCUT2D eigenvalue weighted by Crippen LogP contribution is 2.18. The molecule has 0 radical (unpaired) electrons. The summed E-state index contributed by atoms with van der Waals surface area (Å²) in [7, 11) is -1.42. The molecule has 0 N–H and O–H groups in total. The minimum Gasteiger partial charge on any atom is -0.460 e. The van der Waals surface area contributed by atoms with Gasteiger partial charge in [-0.2, -0.15) is 0 Å². The van der Waals surface area contributed by atoms with Gasteiger partial charge in [-0.1, -0.05) is 77.7 Å². The standard InChI is InChI=1S/C23H46O3Si/c1-6-8-9-17-20-25-27(4,5)21-18-15-13-11-10-12-14-16-19-22(3)26-23(24)7-2/h7,22H,2,6,8-21H2,1,3-5H3. The molecule has 0 amide bonds. The monoisotopic (exact) mass is 398 g/mol. The molecule has 0 aliphatic heterocycles. The first kappa shape index (κ1) is 26.4. The average Bonchev–Trinajstić information content (AvgIpc) is 2.62. The molecule has 0 aliphatic rings. The molecular formula is C23H46O3Si. The molecule has 0 fully saturated rings. The highest BCUT2D eigenvalue weighted by atomic mass is 28.4. The molecule has 1 atom stereocenters. The van der Waals surface area contributed by atoms with Crippen molar-refractivity contribution in [3.63, 3.8) is 0 Å². The van der Waals surface area contributed by atoms with Crippen LogP contribution in [0.1, 0.15) is 97.3 Å². The number of hydrogen-bond acceptors (Lipinski definition) is 3. The first-order chi connectivity index (χ1) is 12.9. The van der Waals surface area contributed by atoms with Gasteiger partial charge in [-0.15, -0.1) is 0 Å². The van der Waals surface area contributed by atoms with Crippen LogP contribution >= 0.6 is 0 Å². The number of unbranched alkanes of at least 4 members (excludes halogenated alkanes) is 10. The first-order valence-electron chi connectivity index (χ1n) is 11.4. The van der Waals surface area contributed by atoms with E-state index in [9.17, 15) is 4.79 Å². The Hall–Kier alpha value is -0.613. The summed E-state index contributed by atoms with van der Waals surface area (Å²) in [5.74, 6) is -0.310. The van der Waals surface area contributed by atoms with Gasteiger partial charge in [-0.3, -0.25) is 0 Å². The molecule has 0 aromatic heterocycles. The maximum atomic E-state index is 11.1. The van der Waals surface area contributed by atoms with Crippen LogP contribution in [-0.2, 0) is 14.0 Å². The van der Waals surface area contributed by atoms with Gasteiger partial charge in [-0.05, 0) is 45.3 Å². The number of carbonyl (C=O) groups excluding carboxylic acids is 1. The van der Waals surface area contributed by atoms with Gasteiger partial charge in [0.05, 0.1) is 6.10 Å². The molecule has 3 nitrogen and oxygen atoms in total. The lowest BCUT2D eigenvalue weighted by atomic mass is 10.1. The third-order valence-corrected chi connectivity index (χ3v) is 7.66. The average molecular weight is 399 g/mol. The van der Waals surface area contributed by atoms with Gasteiger partial charge in [0.25, 0.3) is 0 Å². The molecule has 0 heterocycles. The quantitative estimate of drug-likeness (QED) is 0.0982. The molecule has 0 bridgehead atoms. The van der Waals surface area contributed by atoms with E-state index in [1.165, 1.54) is 82.7 Å². The van der Waals surface area contributed by atoms with Crippen molar-refractivity contribution < 1.29 is 14.0 Å². The Balaban J connectivity index is 3.41. The van der Waals surface area contributed by atoms with E-state index in [1.807, 2.05) is 6.92 Å². The van der Waals surface area contributed by atoms with Crippen LogP contribution in [0.25, 0.3) is 0 Å². The highest BCUT2D eigenvalue weighted by molar-refractivity contribution is 6.71. The zero-order valence-electron chi connectivity index (χ0n) is 18.7. The summed E-state index contributed by atoms with van der Waals surface area (Å²) in [6, 6.07) is 1.31. The second kappa shape index (κ2) is 17.5. The molecule has 4 heteroatoms. The van der Waals surface area contributed by atoms with Crippen molar-refractivity contribution in [1.82, 2.24) is 0 Å². The number of rotatable bonds is 19. The summed E-state index contributed by atoms with van der Waals surface area (Å²) in [4.78, 5) is 11.1. The third kappa shape index (κ3) is 18.5. The van der Waals surface area contributed by atoms with Crippen molar-refractivity contribution in [2.75, 3.05) is 6.61 Å². The van der Waals surface area contributed by atoms with Gasteiger partial charge in [0.2, 0.25) is 0 Å². The second-order valence-electron chi connectivity index (χ2n) is 8.49. The fourth-order valence-corrected chi connectivity index (χ4v) is 5.24. The largest absolute Gasteiger partial charge is 0.460 e. The van der Waals surface area contributed by atoms with Gasteiger partial charge in [-0.25, -0.2) is 4.79 Å². The van der Waals surface area contributed by atoms with Crippen LogP contribution in [0.4, 0.5) is 0 Å². The van der Waals surface area contributed by atoms with Gasteiger partial charge in [0.15, 0.2) is 8.32 Å². The van der Waals surface area contributed by atoms with Crippen LogP contribution in [0, 0.1) is 0 Å². The van der Waals surface area contributed by atoms with E-state index >= 15 is 0 Å². The van der Waals surface area contributed by atoms with Gasteiger partial charge >= 0.3 is 5.97 Å². The summed E-state index contributed by atoms with van der Waals surface area (Å²) in [6.45, 7) is 13.4. The van der Waals surface area contributed by atoms with E-state index in [2.05, 4.69) is 26.6 Å². The fourth-order valence-electron chi connectivity index (χ4n) is 3.30. The predicted molar refractivity (Wildman–Crippen MR) is 120 cm³/mol. The number of esters is 1. The smallest absolute Gasteiger partial charge is 0.330 e. The van der Waals surface area contributed by atoms with Crippen molar-refractivity contribution in [2.45, 2.75) is 123 Å². The molecule has 0 spiro atoms. The Morgan fingerprint density at radius 1 is 0.926 bits per heavy atom. The lowest BCUT2D eigenvalue weighted by Crippen LogP contribution is -2.30. The minimum absolute atomic E-state index is 0.0110. The molecular weight excluding hydrogens is 352 g/mol.